The second kappa shape index (κ2) is 7.46. The summed E-state index contributed by atoms with van der Waals surface area (Å²) < 4.78 is 5.16. The van der Waals surface area contributed by atoms with E-state index in [1.165, 1.54) is 0 Å². The number of benzene rings is 1. The van der Waals surface area contributed by atoms with E-state index >= 15 is 0 Å². The standard InChI is InChI=1S/C15H21N5O2/c1-20(2)14(11-4-6-13(22-3)7-5-11)10-16-15(21)19-12-8-17-18-9-12/h4-9,14H,10H2,1-3H3,(H,17,18)(H2,16,19,21)/t14-/m1/s1. The van der Waals surface area contributed by atoms with Gasteiger partial charge in [-0.05, 0) is 31.8 Å². The second-order valence-corrected chi connectivity index (χ2v) is 5.07. The summed E-state index contributed by atoms with van der Waals surface area (Å²) >= 11 is 0. The Kier molecular flexibility index (Phi) is 5.37. The van der Waals surface area contributed by atoms with Crippen LogP contribution in [0.5, 0.6) is 5.75 Å². The Bertz CT molecular complexity index is 580. The zero-order valence-electron chi connectivity index (χ0n) is 13.0. The van der Waals surface area contributed by atoms with Crippen molar-refractivity contribution in [2.75, 3.05) is 33.1 Å². The summed E-state index contributed by atoms with van der Waals surface area (Å²) in [5.41, 5.74) is 1.73. The minimum atomic E-state index is -0.262. The highest BCUT2D eigenvalue weighted by molar-refractivity contribution is 5.88. The number of anilines is 1. The fourth-order valence-electron chi connectivity index (χ4n) is 2.11. The molecule has 3 N–H and O–H groups in total. The molecule has 0 spiro atoms. The first kappa shape index (κ1) is 15.8. The molecule has 0 saturated carbocycles. The van der Waals surface area contributed by atoms with Crippen LogP contribution in [-0.2, 0) is 0 Å². The Morgan fingerprint density at radius 2 is 2.09 bits per heavy atom. The normalized spacial score (nSPS) is 12.0. The number of hydrogen-bond acceptors (Lipinski definition) is 4. The predicted molar refractivity (Wildman–Crippen MR) is 85.0 cm³/mol. The summed E-state index contributed by atoms with van der Waals surface area (Å²) in [6.07, 6.45) is 3.17. The molecular weight excluding hydrogens is 282 g/mol. The average Bonchev–Trinajstić information content (AvgIpc) is 3.00. The molecule has 0 saturated heterocycles. The largest absolute Gasteiger partial charge is 0.497 e. The number of methoxy groups -OCH3 is 1. The van der Waals surface area contributed by atoms with E-state index in [0.29, 0.717) is 12.2 Å². The molecule has 118 valence electrons. The molecule has 7 heteroatoms. The third-order valence-corrected chi connectivity index (χ3v) is 3.34. The molecule has 0 fully saturated rings. The number of urea groups is 1. The number of rotatable bonds is 6. The Hall–Kier alpha value is -2.54. The maximum Gasteiger partial charge on any atom is 0.319 e. The number of nitrogens with one attached hydrogen (secondary N) is 3. The van der Waals surface area contributed by atoms with Crippen molar-refractivity contribution in [3.63, 3.8) is 0 Å². The Labute approximate surface area is 129 Å². The lowest BCUT2D eigenvalue weighted by atomic mass is 10.1. The van der Waals surface area contributed by atoms with Crippen molar-refractivity contribution < 1.29 is 9.53 Å². The molecule has 1 aromatic heterocycles. The highest BCUT2D eigenvalue weighted by Crippen LogP contribution is 2.20. The molecule has 22 heavy (non-hydrogen) atoms. The van der Waals surface area contributed by atoms with Crippen molar-refractivity contribution in [1.29, 1.82) is 0 Å². The van der Waals surface area contributed by atoms with Gasteiger partial charge in [0.25, 0.3) is 0 Å². The number of likely N-dealkylation sites (N-methyl/N-ethyl adjacent to an activating group) is 1. The van der Waals surface area contributed by atoms with Gasteiger partial charge in [0.1, 0.15) is 5.75 Å². The number of H-pyrrole nitrogens is 1. The van der Waals surface area contributed by atoms with Crippen LogP contribution in [0.4, 0.5) is 10.5 Å². The van der Waals surface area contributed by atoms with E-state index in [4.69, 9.17) is 4.74 Å². The van der Waals surface area contributed by atoms with Gasteiger partial charge in [-0.25, -0.2) is 4.79 Å². The molecular formula is C15H21N5O2. The van der Waals surface area contributed by atoms with E-state index < -0.39 is 0 Å². The van der Waals surface area contributed by atoms with Crippen molar-refractivity contribution in [2.24, 2.45) is 0 Å². The zero-order chi connectivity index (χ0) is 15.9. The van der Waals surface area contributed by atoms with Gasteiger partial charge in [0, 0.05) is 12.7 Å². The van der Waals surface area contributed by atoms with E-state index in [9.17, 15) is 4.79 Å². The monoisotopic (exact) mass is 303 g/mol. The Morgan fingerprint density at radius 3 is 2.64 bits per heavy atom. The van der Waals surface area contributed by atoms with E-state index in [-0.39, 0.29) is 12.1 Å². The average molecular weight is 303 g/mol. The smallest absolute Gasteiger partial charge is 0.319 e. The lowest BCUT2D eigenvalue weighted by Gasteiger charge is -2.25. The summed E-state index contributed by atoms with van der Waals surface area (Å²) in [6.45, 7) is 0.489. The number of hydrogen-bond donors (Lipinski definition) is 3. The summed E-state index contributed by atoms with van der Waals surface area (Å²) in [5.74, 6) is 0.812. The maximum absolute atomic E-state index is 11.9. The van der Waals surface area contributed by atoms with Gasteiger partial charge in [-0.2, -0.15) is 5.10 Å². The van der Waals surface area contributed by atoms with Crippen LogP contribution in [0.2, 0.25) is 0 Å². The number of amides is 2. The van der Waals surface area contributed by atoms with Crippen LogP contribution >= 0.6 is 0 Å². The molecule has 0 aliphatic rings. The first-order chi connectivity index (χ1) is 10.6. The third kappa shape index (κ3) is 4.23. The topological polar surface area (TPSA) is 82.3 Å². The van der Waals surface area contributed by atoms with Crippen molar-refractivity contribution >= 4 is 11.7 Å². The van der Waals surface area contributed by atoms with Crippen LogP contribution in [0.15, 0.2) is 36.7 Å². The molecule has 2 aromatic rings. The fourth-order valence-corrected chi connectivity index (χ4v) is 2.11. The fraction of sp³-hybridized carbons (Fsp3) is 0.333. The van der Waals surface area contributed by atoms with Crippen molar-refractivity contribution in [3.8, 4) is 5.75 Å². The molecule has 0 bridgehead atoms. The highest BCUT2D eigenvalue weighted by atomic mass is 16.5. The third-order valence-electron chi connectivity index (χ3n) is 3.34. The van der Waals surface area contributed by atoms with Crippen LogP contribution < -0.4 is 15.4 Å². The number of ether oxygens (including phenoxy) is 1. The predicted octanol–water partition coefficient (Wildman–Crippen LogP) is 1.84. The van der Waals surface area contributed by atoms with Gasteiger partial charge in [-0.3, -0.25) is 5.10 Å². The number of carbonyl (C=O) groups excluding carboxylic acids is 1. The van der Waals surface area contributed by atoms with Gasteiger partial charge in [-0.15, -0.1) is 0 Å². The van der Waals surface area contributed by atoms with Crippen LogP contribution in [0.1, 0.15) is 11.6 Å². The van der Waals surface area contributed by atoms with Gasteiger partial charge < -0.3 is 20.3 Å². The second-order valence-electron chi connectivity index (χ2n) is 5.07. The van der Waals surface area contributed by atoms with Crippen LogP contribution in [-0.4, -0.2) is 48.9 Å². The van der Waals surface area contributed by atoms with Gasteiger partial charge in [0.15, 0.2) is 0 Å². The Balaban J connectivity index is 1.95. The SMILES string of the molecule is COc1ccc([C@@H](CNC(=O)Nc2cn[nH]c2)N(C)C)cc1. The molecule has 7 nitrogen and oxygen atoms in total. The summed E-state index contributed by atoms with van der Waals surface area (Å²) in [7, 11) is 5.59. The first-order valence-electron chi connectivity index (χ1n) is 6.94. The van der Waals surface area contributed by atoms with Crippen molar-refractivity contribution in [2.45, 2.75) is 6.04 Å². The Morgan fingerprint density at radius 1 is 1.36 bits per heavy atom. The minimum absolute atomic E-state index is 0.0704. The summed E-state index contributed by atoms with van der Waals surface area (Å²) in [5, 5.41) is 12.0. The molecule has 0 aliphatic heterocycles. The number of aromatic amines is 1. The number of carbonyl (C=O) groups is 1. The van der Waals surface area contributed by atoms with Gasteiger partial charge in [-0.1, -0.05) is 12.1 Å². The lowest BCUT2D eigenvalue weighted by Crippen LogP contribution is -2.36. The molecule has 1 aromatic carbocycles. The summed E-state index contributed by atoms with van der Waals surface area (Å²) in [6, 6.07) is 7.63. The zero-order valence-corrected chi connectivity index (χ0v) is 13.0. The summed E-state index contributed by atoms with van der Waals surface area (Å²) in [4.78, 5) is 13.9. The van der Waals surface area contributed by atoms with Gasteiger partial charge in [0.05, 0.1) is 25.0 Å². The molecule has 0 radical (unpaired) electrons. The molecule has 2 rings (SSSR count). The molecule has 0 aliphatic carbocycles. The highest BCUT2D eigenvalue weighted by Gasteiger charge is 2.15. The van der Waals surface area contributed by atoms with Crippen molar-refractivity contribution in [1.82, 2.24) is 20.4 Å². The maximum atomic E-state index is 11.9. The van der Waals surface area contributed by atoms with E-state index in [1.807, 2.05) is 38.4 Å². The first-order valence-corrected chi connectivity index (χ1v) is 6.94. The molecule has 1 atom stereocenters. The number of nitrogens with zero attached hydrogens (tertiary/aromatic N) is 2. The quantitative estimate of drug-likeness (QED) is 0.760. The van der Waals surface area contributed by atoms with E-state index in [1.54, 1.807) is 19.5 Å². The van der Waals surface area contributed by atoms with E-state index in [2.05, 4.69) is 25.7 Å². The van der Waals surface area contributed by atoms with Gasteiger partial charge >= 0.3 is 6.03 Å². The minimum Gasteiger partial charge on any atom is -0.497 e. The molecule has 2 amide bonds. The van der Waals surface area contributed by atoms with E-state index in [0.717, 1.165) is 11.3 Å². The van der Waals surface area contributed by atoms with Crippen LogP contribution in [0, 0.1) is 0 Å². The number of aromatic nitrogens is 2. The lowest BCUT2D eigenvalue weighted by molar-refractivity contribution is 0.243. The van der Waals surface area contributed by atoms with Gasteiger partial charge in [0.2, 0.25) is 0 Å². The van der Waals surface area contributed by atoms with Crippen LogP contribution in [0.3, 0.4) is 0 Å². The molecule has 0 unspecified atom stereocenters. The van der Waals surface area contributed by atoms with Crippen molar-refractivity contribution in [3.05, 3.63) is 42.2 Å². The van der Waals surface area contributed by atoms with Crippen LogP contribution in [0.25, 0.3) is 0 Å². The molecule has 1 heterocycles.